The first-order valence-electron chi connectivity index (χ1n) is 15.5. The fourth-order valence-electron chi connectivity index (χ4n) is 6.46. The van der Waals surface area contributed by atoms with Gasteiger partial charge in [0.25, 0.3) is 5.92 Å². The average molecular weight is 600 g/mol. The van der Waals surface area contributed by atoms with E-state index >= 15 is 13.2 Å². The van der Waals surface area contributed by atoms with Gasteiger partial charge in [0.05, 0.1) is 11.1 Å². The van der Waals surface area contributed by atoms with Crippen molar-refractivity contribution in [2.45, 2.75) is 63.8 Å². The van der Waals surface area contributed by atoms with E-state index in [2.05, 4.69) is 44.8 Å². The van der Waals surface area contributed by atoms with Crippen LogP contribution in [0.15, 0.2) is 42.8 Å². The summed E-state index contributed by atoms with van der Waals surface area (Å²) in [7, 11) is 2.05. The van der Waals surface area contributed by atoms with Crippen molar-refractivity contribution < 1.29 is 13.2 Å². The molecule has 1 aromatic heterocycles. The van der Waals surface area contributed by atoms with Crippen LogP contribution in [0, 0.1) is 17.7 Å². The van der Waals surface area contributed by atoms with Crippen molar-refractivity contribution in [1.29, 1.82) is 0 Å². The van der Waals surface area contributed by atoms with Crippen LogP contribution >= 0.6 is 11.8 Å². The Bertz CT molecular complexity index is 1240. The standard InChI is InChI=1S/C33H44F3N5S/c1-3-25(26-12-16-42-17-13-26)18-28-31-37-20-27-10-9-11-29(30(27)34)33(35,36)19-24-21-41(22-24)15-8-6-4-5-7-14-40(2)32(28)39-23-38-31/h3,9-11,18,23-24,26H,1,4-8,12-17,19-22H2,2H3,(H,37,38,39)/b25-18+. The van der Waals surface area contributed by atoms with Crippen LogP contribution < -0.4 is 10.2 Å². The van der Waals surface area contributed by atoms with Crippen molar-refractivity contribution >= 4 is 29.5 Å². The number of nitrogens with one attached hydrogen (secondary N) is 1. The molecule has 1 N–H and O–H groups in total. The number of hydrogen-bond donors (Lipinski definition) is 1. The summed E-state index contributed by atoms with van der Waals surface area (Å²) in [5.74, 6) is -0.143. The van der Waals surface area contributed by atoms with Crippen LogP contribution in [0.25, 0.3) is 6.08 Å². The van der Waals surface area contributed by atoms with Crippen molar-refractivity contribution in [1.82, 2.24) is 14.9 Å². The van der Waals surface area contributed by atoms with Crippen molar-refractivity contribution in [2.75, 3.05) is 54.9 Å². The van der Waals surface area contributed by atoms with Crippen LogP contribution in [-0.4, -0.2) is 59.6 Å². The Hall–Kier alpha value is -2.52. The minimum absolute atomic E-state index is 0.0391. The van der Waals surface area contributed by atoms with Crippen LogP contribution in [0.4, 0.5) is 24.8 Å². The summed E-state index contributed by atoms with van der Waals surface area (Å²) in [5.41, 5.74) is 1.66. The number of allylic oxidation sites excluding steroid dienone is 2. The Morgan fingerprint density at radius 3 is 2.57 bits per heavy atom. The van der Waals surface area contributed by atoms with E-state index < -0.39 is 17.3 Å². The van der Waals surface area contributed by atoms with Gasteiger partial charge in [-0.2, -0.15) is 11.8 Å². The number of thioether (sulfide) groups is 1. The van der Waals surface area contributed by atoms with Crippen molar-refractivity contribution in [3.8, 4) is 0 Å². The molecule has 1 aromatic carbocycles. The molecule has 5 nitrogen and oxygen atoms in total. The lowest BCUT2D eigenvalue weighted by molar-refractivity contribution is -0.0592. The molecular weight excluding hydrogens is 555 g/mol. The molecule has 4 aliphatic heterocycles. The molecule has 2 aromatic rings. The van der Waals surface area contributed by atoms with Crippen LogP contribution in [-0.2, 0) is 12.5 Å². The zero-order chi connectivity index (χ0) is 29.5. The summed E-state index contributed by atoms with van der Waals surface area (Å²) >= 11 is 1.98. The second kappa shape index (κ2) is 14.3. The third-order valence-corrected chi connectivity index (χ3v) is 9.98. The number of rotatable bonds is 3. The quantitative estimate of drug-likeness (QED) is 0.364. The minimum atomic E-state index is -3.22. The fourth-order valence-corrected chi connectivity index (χ4v) is 7.57. The predicted molar refractivity (Wildman–Crippen MR) is 169 cm³/mol. The van der Waals surface area contributed by atoms with Crippen molar-refractivity contribution in [2.24, 2.45) is 11.8 Å². The summed E-state index contributed by atoms with van der Waals surface area (Å²) in [6.07, 6.45) is 13.0. The molecule has 2 fully saturated rings. The molecule has 5 heterocycles. The zero-order valence-electron chi connectivity index (χ0n) is 24.8. The zero-order valence-corrected chi connectivity index (χ0v) is 25.6. The van der Waals surface area contributed by atoms with Gasteiger partial charge >= 0.3 is 0 Å². The number of halogens is 3. The topological polar surface area (TPSA) is 44.3 Å². The lowest BCUT2D eigenvalue weighted by atomic mass is 9.89. The molecule has 228 valence electrons. The van der Waals surface area contributed by atoms with E-state index in [9.17, 15) is 0 Å². The molecule has 0 unspecified atom stereocenters. The van der Waals surface area contributed by atoms with E-state index in [0.717, 1.165) is 86.5 Å². The van der Waals surface area contributed by atoms with Gasteiger partial charge in [-0.25, -0.2) is 23.1 Å². The average Bonchev–Trinajstić information content (AvgIpc) is 2.97. The number of fused-ring (bicyclic) bond motifs is 9. The van der Waals surface area contributed by atoms with E-state index in [0.29, 0.717) is 24.8 Å². The largest absolute Gasteiger partial charge is 0.365 e. The summed E-state index contributed by atoms with van der Waals surface area (Å²) in [6, 6.07) is 4.33. The third-order valence-electron chi connectivity index (χ3n) is 8.93. The Labute approximate surface area is 253 Å². The van der Waals surface area contributed by atoms with Crippen LogP contribution in [0.5, 0.6) is 0 Å². The summed E-state index contributed by atoms with van der Waals surface area (Å²) in [6.45, 7) is 7.29. The van der Waals surface area contributed by atoms with Crippen LogP contribution in [0.3, 0.4) is 0 Å². The summed E-state index contributed by atoms with van der Waals surface area (Å²) in [4.78, 5) is 13.6. The van der Waals surface area contributed by atoms with Gasteiger partial charge in [0.15, 0.2) is 0 Å². The lowest BCUT2D eigenvalue weighted by Gasteiger charge is -2.41. The van der Waals surface area contributed by atoms with Crippen LogP contribution in [0.1, 0.15) is 68.1 Å². The highest BCUT2D eigenvalue weighted by molar-refractivity contribution is 7.99. The Kier molecular flexibility index (Phi) is 10.5. The molecular formula is C33H44F3N5S. The maximum atomic E-state index is 15.6. The second-order valence-corrected chi connectivity index (χ2v) is 13.3. The van der Waals surface area contributed by atoms with E-state index in [4.69, 9.17) is 0 Å². The van der Waals surface area contributed by atoms with E-state index in [-0.39, 0.29) is 24.4 Å². The maximum absolute atomic E-state index is 15.6. The Balaban J connectivity index is 1.47. The van der Waals surface area contributed by atoms with Crippen molar-refractivity contribution in [3.63, 3.8) is 0 Å². The normalized spacial score (nSPS) is 24.6. The van der Waals surface area contributed by atoms with Gasteiger partial charge < -0.3 is 15.1 Å². The van der Waals surface area contributed by atoms with Gasteiger partial charge in [0.2, 0.25) is 0 Å². The smallest absolute Gasteiger partial charge is 0.276 e. The van der Waals surface area contributed by atoms with Crippen LogP contribution in [0.2, 0.25) is 0 Å². The van der Waals surface area contributed by atoms with Gasteiger partial charge in [0, 0.05) is 45.2 Å². The number of alkyl halides is 2. The molecule has 0 amide bonds. The summed E-state index contributed by atoms with van der Waals surface area (Å²) < 4.78 is 46.3. The van der Waals surface area contributed by atoms with Gasteiger partial charge in [0.1, 0.15) is 23.8 Å². The highest BCUT2D eigenvalue weighted by atomic mass is 32.2. The lowest BCUT2D eigenvalue weighted by Crippen LogP contribution is -2.48. The van der Waals surface area contributed by atoms with Gasteiger partial charge in [-0.05, 0) is 67.2 Å². The van der Waals surface area contributed by atoms with Gasteiger partial charge in [-0.1, -0.05) is 50.1 Å². The molecule has 2 saturated heterocycles. The highest BCUT2D eigenvalue weighted by Gasteiger charge is 2.41. The molecule has 0 saturated carbocycles. The molecule has 9 heteroatoms. The molecule has 0 aliphatic carbocycles. The maximum Gasteiger partial charge on any atom is 0.276 e. The van der Waals surface area contributed by atoms with E-state index in [1.807, 2.05) is 17.8 Å². The molecule has 4 aliphatic rings. The van der Waals surface area contributed by atoms with Crippen molar-refractivity contribution in [3.05, 3.63) is 65.3 Å². The molecule has 0 atom stereocenters. The number of nitrogens with zero attached hydrogens (tertiary/aromatic N) is 4. The van der Waals surface area contributed by atoms with E-state index in [1.165, 1.54) is 18.5 Å². The van der Waals surface area contributed by atoms with Gasteiger partial charge in [-0.15, -0.1) is 0 Å². The Morgan fingerprint density at radius 1 is 1.07 bits per heavy atom. The molecule has 6 rings (SSSR count). The first-order valence-corrected chi connectivity index (χ1v) is 16.6. The monoisotopic (exact) mass is 599 g/mol. The third kappa shape index (κ3) is 7.51. The SMILES string of the molecule is C=C/C(=C\c1c2ncnc1N(C)CCCCCCCN1CC(C1)CC(F)(F)c1cccc(c1F)CN2)C1CCSCC1. The molecule has 0 spiro atoms. The molecule has 0 radical (unpaired) electrons. The predicted octanol–water partition coefficient (Wildman–Crippen LogP) is 7.75. The van der Waals surface area contributed by atoms with E-state index in [1.54, 1.807) is 6.07 Å². The van der Waals surface area contributed by atoms with Gasteiger partial charge in [-0.3, -0.25) is 0 Å². The second-order valence-electron chi connectivity index (χ2n) is 12.1. The molecule has 6 bridgehead atoms. The number of hydrogen-bond acceptors (Lipinski definition) is 6. The Morgan fingerprint density at radius 2 is 1.81 bits per heavy atom. The summed E-state index contributed by atoms with van der Waals surface area (Å²) in [5, 5.41) is 3.28. The number of aromatic nitrogens is 2. The minimum Gasteiger partial charge on any atom is -0.365 e. The highest BCUT2D eigenvalue weighted by Crippen LogP contribution is 2.40. The fraction of sp³-hybridized carbons (Fsp3) is 0.576. The number of benzene rings is 1. The molecule has 42 heavy (non-hydrogen) atoms. The first kappa shape index (κ1) is 30.9. The first-order chi connectivity index (χ1) is 20.4. The number of anilines is 2.